The molecule has 0 spiro atoms. The highest BCUT2D eigenvalue weighted by atomic mass is 16.3. The number of hydrogen-bond acceptors (Lipinski definition) is 11. The Morgan fingerprint density at radius 2 is 1.47 bits per heavy atom. The fraction of sp³-hybridized carbons (Fsp3) is 0.757. The number of hydrazine groups is 1. The highest BCUT2D eigenvalue weighted by molar-refractivity contribution is 5.98. The van der Waals surface area contributed by atoms with E-state index in [9.17, 15) is 43.5 Å². The van der Waals surface area contributed by atoms with Gasteiger partial charge in [0, 0.05) is 19.5 Å². The molecule has 3 rings (SSSR count). The van der Waals surface area contributed by atoms with E-state index in [1.54, 1.807) is 0 Å². The number of aliphatic imine (C=N–C) groups is 1. The van der Waals surface area contributed by atoms with Crippen LogP contribution in [0.1, 0.15) is 104 Å². The SMILES string of the molecule is CC(C)C[C@H](NC(=O)[C@H](CO)NC(=O)[C@@H]1CCCN2C(=O)CC[C@H](NC(=O)[C@H](C)NC(=O)[C@H](CCCN=C(N)N)NC(=O)[C@@H](N)CC3CCCCC3)C(=O)N12)C(N)=O. The Bertz CT molecular complexity index is 1520. The molecule has 2 saturated heterocycles. The van der Waals surface area contributed by atoms with Crippen molar-refractivity contribution in [3.05, 3.63) is 0 Å². The van der Waals surface area contributed by atoms with E-state index in [2.05, 4.69) is 31.6 Å². The van der Waals surface area contributed by atoms with Crippen molar-refractivity contribution in [3.63, 3.8) is 0 Å². The van der Waals surface area contributed by atoms with E-state index in [1.807, 2.05) is 13.8 Å². The Morgan fingerprint density at radius 3 is 2.09 bits per heavy atom. The summed E-state index contributed by atoms with van der Waals surface area (Å²) in [6, 6.07) is -8.29. The minimum absolute atomic E-state index is 0.00940. The summed E-state index contributed by atoms with van der Waals surface area (Å²) in [6.45, 7) is 4.49. The molecule has 21 heteroatoms. The van der Waals surface area contributed by atoms with Crippen molar-refractivity contribution in [2.45, 2.75) is 147 Å². The third kappa shape index (κ3) is 14.1. The van der Waals surface area contributed by atoms with Crippen LogP contribution in [0, 0.1) is 11.8 Å². The second-order valence-corrected chi connectivity index (χ2v) is 15.9. The zero-order valence-electron chi connectivity index (χ0n) is 33.9. The smallest absolute Gasteiger partial charge is 0.264 e. The Kier molecular flexibility index (Phi) is 18.6. The van der Waals surface area contributed by atoms with Crippen LogP contribution in [0.15, 0.2) is 4.99 Å². The molecule has 0 aromatic carbocycles. The number of rotatable bonds is 20. The number of nitrogens with zero attached hydrogens (tertiary/aromatic N) is 3. The molecule has 3 aliphatic rings. The average molecular weight is 821 g/mol. The number of fused-ring (bicyclic) bond motifs is 1. The molecular formula is C37H64N12O9. The number of aliphatic hydroxyl groups is 1. The molecule has 14 N–H and O–H groups in total. The number of aliphatic hydroxyl groups excluding tert-OH is 1. The van der Waals surface area contributed by atoms with Crippen LogP contribution in [0.4, 0.5) is 0 Å². The van der Waals surface area contributed by atoms with Gasteiger partial charge < -0.3 is 54.6 Å². The Labute approximate surface area is 338 Å². The summed E-state index contributed by atoms with van der Waals surface area (Å²) in [7, 11) is 0. The lowest BCUT2D eigenvalue weighted by molar-refractivity contribution is -0.176. The van der Waals surface area contributed by atoms with Crippen molar-refractivity contribution < 1.29 is 43.5 Å². The molecule has 3 fully saturated rings. The summed E-state index contributed by atoms with van der Waals surface area (Å²) in [4.78, 5) is 110. The molecule has 2 heterocycles. The third-order valence-electron chi connectivity index (χ3n) is 10.6. The monoisotopic (exact) mass is 820 g/mol. The first kappa shape index (κ1) is 47.3. The molecule has 7 atom stereocenters. The quantitative estimate of drug-likeness (QED) is 0.0331. The molecular weight excluding hydrogens is 756 g/mol. The van der Waals surface area contributed by atoms with Crippen LogP contribution >= 0.6 is 0 Å². The number of hydrogen-bond donors (Lipinski definition) is 10. The van der Waals surface area contributed by atoms with Gasteiger partial charge in [-0.05, 0) is 63.7 Å². The Balaban J connectivity index is 1.70. The molecule has 0 unspecified atom stereocenters. The third-order valence-corrected chi connectivity index (χ3v) is 10.6. The van der Waals surface area contributed by atoms with Gasteiger partial charge in [-0.3, -0.25) is 48.4 Å². The van der Waals surface area contributed by atoms with Crippen LogP contribution < -0.4 is 49.5 Å². The number of nitrogens with two attached hydrogens (primary N) is 4. The van der Waals surface area contributed by atoms with Crippen LogP contribution in [0.2, 0.25) is 0 Å². The van der Waals surface area contributed by atoms with Crippen molar-refractivity contribution in [1.29, 1.82) is 0 Å². The molecule has 2 aliphatic heterocycles. The van der Waals surface area contributed by atoms with Gasteiger partial charge in [-0.15, -0.1) is 0 Å². The predicted molar refractivity (Wildman–Crippen MR) is 211 cm³/mol. The average Bonchev–Trinajstić information content (AvgIpc) is 3.29. The highest BCUT2D eigenvalue weighted by Gasteiger charge is 2.45. The van der Waals surface area contributed by atoms with Gasteiger partial charge in [-0.25, -0.2) is 5.01 Å². The summed E-state index contributed by atoms with van der Waals surface area (Å²) in [6.07, 6.45) is 6.57. The molecule has 1 saturated carbocycles. The van der Waals surface area contributed by atoms with Crippen LogP contribution in [-0.4, -0.2) is 130 Å². The van der Waals surface area contributed by atoms with E-state index >= 15 is 0 Å². The maximum absolute atomic E-state index is 14.0. The molecule has 21 nitrogen and oxygen atoms in total. The van der Waals surface area contributed by atoms with E-state index in [-0.39, 0.29) is 57.1 Å². The Morgan fingerprint density at radius 1 is 0.810 bits per heavy atom. The van der Waals surface area contributed by atoms with Gasteiger partial charge in [0.2, 0.25) is 41.4 Å². The molecule has 0 aromatic rings. The first-order chi connectivity index (χ1) is 27.4. The van der Waals surface area contributed by atoms with Crippen molar-refractivity contribution in [2.75, 3.05) is 19.7 Å². The van der Waals surface area contributed by atoms with Crippen LogP contribution in [0.25, 0.3) is 0 Å². The number of guanidine groups is 1. The van der Waals surface area contributed by atoms with Crippen molar-refractivity contribution in [3.8, 4) is 0 Å². The standard InChI is InChI=1S/C37H64N12O9/c1-20(2)17-26(30(39)52)46-34(56)27(19-50)47-35(57)28-12-8-16-48-29(51)14-13-25(36(58)49(28)48)45-31(53)21(3)43-33(55)24(11-7-15-42-37(40)41)44-32(54)23(38)18-22-9-5-4-6-10-22/h20-28,50H,4-19,38H2,1-3H3,(H2,39,52)(H,43,55)(H,44,54)(H,45,53)(H,46,56)(H,47,57)(H4,40,41,42)/t21-,23-,24-,25-,26-,27-,28-/m0/s1. The predicted octanol–water partition coefficient (Wildman–Crippen LogP) is -3.17. The maximum atomic E-state index is 14.0. The molecule has 58 heavy (non-hydrogen) atoms. The maximum Gasteiger partial charge on any atom is 0.264 e. The summed E-state index contributed by atoms with van der Waals surface area (Å²) in [5.74, 6) is -5.54. The fourth-order valence-electron chi connectivity index (χ4n) is 7.47. The van der Waals surface area contributed by atoms with Crippen LogP contribution in [-0.2, 0) is 38.4 Å². The van der Waals surface area contributed by atoms with Gasteiger partial charge in [0.25, 0.3) is 5.91 Å². The number of primary amides is 1. The van der Waals surface area contributed by atoms with E-state index in [0.29, 0.717) is 25.2 Å². The summed E-state index contributed by atoms with van der Waals surface area (Å²) < 4.78 is 0. The minimum atomic E-state index is -1.51. The number of carbonyl (C=O) groups excluding carboxylic acids is 8. The normalized spacial score (nSPS) is 21.3. The number of nitrogens with one attached hydrogen (secondary N) is 5. The largest absolute Gasteiger partial charge is 0.394 e. The molecule has 326 valence electrons. The molecule has 0 bridgehead atoms. The van der Waals surface area contributed by atoms with Crippen molar-refractivity contribution in [1.82, 2.24) is 36.6 Å². The second-order valence-electron chi connectivity index (χ2n) is 15.9. The lowest BCUT2D eigenvalue weighted by atomic mass is 9.85. The number of carbonyl (C=O) groups is 8. The minimum Gasteiger partial charge on any atom is -0.394 e. The first-order valence-corrected chi connectivity index (χ1v) is 20.3. The van der Waals surface area contributed by atoms with Crippen molar-refractivity contribution >= 4 is 53.2 Å². The van der Waals surface area contributed by atoms with E-state index in [4.69, 9.17) is 22.9 Å². The topological polar surface area (TPSA) is 340 Å². The van der Waals surface area contributed by atoms with Gasteiger partial charge in [-0.1, -0.05) is 46.0 Å². The van der Waals surface area contributed by atoms with E-state index < -0.39 is 96.2 Å². The first-order valence-electron chi connectivity index (χ1n) is 20.3. The Hall–Kier alpha value is -5.05. The van der Waals surface area contributed by atoms with Gasteiger partial charge in [0.1, 0.15) is 36.3 Å². The van der Waals surface area contributed by atoms with Gasteiger partial charge in [-0.2, -0.15) is 0 Å². The zero-order chi connectivity index (χ0) is 43.1. The zero-order valence-corrected chi connectivity index (χ0v) is 33.9. The van der Waals surface area contributed by atoms with Crippen LogP contribution in [0.5, 0.6) is 0 Å². The lowest BCUT2D eigenvalue weighted by Gasteiger charge is -2.43. The summed E-state index contributed by atoms with van der Waals surface area (Å²) in [5, 5.41) is 24.9. The van der Waals surface area contributed by atoms with Gasteiger partial charge in [0.15, 0.2) is 5.96 Å². The second kappa shape index (κ2) is 22.8. The number of amides is 8. The fourth-order valence-corrected chi connectivity index (χ4v) is 7.47. The summed E-state index contributed by atoms with van der Waals surface area (Å²) in [5.41, 5.74) is 22.5. The van der Waals surface area contributed by atoms with Gasteiger partial charge in [0.05, 0.1) is 12.6 Å². The molecule has 8 amide bonds. The van der Waals surface area contributed by atoms with E-state index in [1.165, 1.54) is 6.92 Å². The van der Waals surface area contributed by atoms with E-state index in [0.717, 1.165) is 42.1 Å². The lowest BCUT2D eigenvalue weighted by Crippen LogP contribution is -2.65. The van der Waals surface area contributed by atoms with Crippen molar-refractivity contribution in [2.24, 2.45) is 39.8 Å². The van der Waals surface area contributed by atoms with Crippen LogP contribution in [0.3, 0.4) is 0 Å². The molecule has 0 radical (unpaired) electrons. The molecule has 1 aliphatic carbocycles. The molecule has 0 aromatic heterocycles. The summed E-state index contributed by atoms with van der Waals surface area (Å²) >= 11 is 0. The highest BCUT2D eigenvalue weighted by Crippen LogP contribution is 2.27. The van der Waals surface area contributed by atoms with Gasteiger partial charge >= 0.3 is 0 Å².